The molecule has 0 atom stereocenters. The van der Waals surface area contributed by atoms with E-state index in [1.54, 1.807) is 0 Å². The Morgan fingerprint density at radius 3 is 1.59 bits per heavy atom. The second kappa shape index (κ2) is 14.8. The standard InChI is InChI=1S/2C13H15.C4H9Si.2ClH.Hf/c2*1-9(2)12-6-4-5-11-7-10(3)8-13(11)12;1-2-3-4-5;;;/h2*4-9H,1-3H3;2-4H2,1H3;2*1H;/q2*-1;;;;+2/p-2. The second-order valence-corrected chi connectivity index (χ2v) is 33.2. The van der Waals surface area contributed by atoms with E-state index in [2.05, 4.69) is 109 Å². The molecule has 0 saturated heterocycles. The summed E-state index contributed by atoms with van der Waals surface area (Å²) in [6.45, 7) is 15.5. The minimum atomic E-state index is -1.82. The van der Waals surface area contributed by atoms with Crippen LogP contribution in [-0.2, 0) is 17.7 Å². The number of aryl methyl sites for hydroxylation is 2. The van der Waals surface area contributed by atoms with Gasteiger partial charge in [0, 0.05) is 0 Å². The molecule has 0 nitrogen and oxygen atoms in total. The fraction of sp³-hybridized carbons (Fsp3) is 0.400. The molecule has 183 valence electrons. The van der Waals surface area contributed by atoms with E-state index in [1.165, 1.54) is 62.7 Å². The zero-order valence-corrected chi connectivity index (χ0v) is 27.9. The van der Waals surface area contributed by atoms with Gasteiger partial charge < -0.3 is 0 Å². The molecule has 0 N–H and O–H groups in total. The van der Waals surface area contributed by atoms with E-state index in [1.807, 2.05) is 0 Å². The summed E-state index contributed by atoms with van der Waals surface area (Å²) in [5.41, 5.74) is 5.66. The average Bonchev–Trinajstić information content (AvgIpc) is 3.34. The van der Waals surface area contributed by atoms with Crippen molar-refractivity contribution in [2.45, 2.75) is 79.2 Å². The number of unbranched alkanes of at least 4 members (excludes halogenated alkanes) is 1. The molecule has 0 spiro atoms. The van der Waals surface area contributed by atoms with E-state index < -0.39 is 17.7 Å². The van der Waals surface area contributed by atoms with Crippen molar-refractivity contribution in [1.82, 2.24) is 0 Å². The molecule has 0 aliphatic rings. The van der Waals surface area contributed by atoms with E-state index in [-0.39, 0.29) is 0 Å². The molecule has 0 aromatic heterocycles. The molecule has 0 fully saturated rings. The van der Waals surface area contributed by atoms with Crippen molar-refractivity contribution in [2.24, 2.45) is 0 Å². The molecule has 0 aliphatic carbocycles. The monoisotopic (exact) mass is 677 g/mol. The zero-order chi connectivity index (χ0) is 25.3. The van der Waals surface area contributed by atoms with Crippen LogP contribution in [0.5, 0.6) is 0 Å². The summed E-state index contributed by atoms with van der Waals surface area (Å²) < 4.78 is 0. The van der Waals surface area contributed by atoms with E-state index in [0.717, 1.165) is 6.22 Å². The number of hydrogen-bond acceptors (Lipinski definition) is 0. The maximum absolute atomic E-state index is 5.70. The van der Waals surface area contributed by atoms with Crippen LogP contribution in [0.1, 0.15) is 81.5 Å². The number of fused-ring (bicyclic) bond motifs is 2. The molecule has 4 aromatic carbocycles. The van der Waals surface area contributed by atoms with E-state index in [4.69, 9.17) is 17.2 Å². The first-order chi connectivity index (χ1) is 16.1. The van der Waals surface area contributed by atoms with Gasteiger partial charge in [-0.05, 0) is 11.8 Å². The minimum Gasteiger partial charge on any atom is -0.165 e. The predicted octanol–water partition coefficient (Wildman–Crippen LogP) is 10.7. The van der Waals surface area contributed by atoms with Crippen molar-refractivity contribution in [2.75, 3.05) is 0 Å². The molecule has 1 radical (unpaired) electrons. The van der Waals surface area contributed by atoms with Crippen LogP contribution in [-0.4, -0.2) is 6.22 Å². The Balaban J connectivity index is 0.000000187. The Hall–Kier alpha value is -0.673. The van der Waals surface area contributed by atoms with Gasteiger partial charge in [0.25, 0.3) is 0 Å². The first-order valence-electron chi connectivity index (χ1n) is 12.4. The number of benzene rings is 2. The van der Waals surface area contributed by atoms with Crippen LogP contribution in [0, 0.1) is 13.8 Å². The van der Waals surface area contributed by atoms with Gasteiger partial charge in [-0.1, -0.05) is 64.8 Å². The molecule has 4 rings (SSSR count). The third-order valence-corrected chi connectivity index (χ3v) is 18.9. The molecular weight excluding hydrogens is 638 g/mol. The van der Waals surface area contributed by atoms with Gasteiger partial charge in [0.2, 0.25) is 0 Å². The van der Waals surface area contributed by atoms with Crippen molar-refractivity contribution >= 4 is 44.9 Å². The van der Waals surface area contributed by atoms with Gasteiger partial charge in [-0.2, -0.15) is 12.1 Å². The number of hydrogen-bond donors (Lipinski definition) is 0. The van der Waals surface area contributed by atoms with E-state index in [9.17, 15) is 0 Å². The number of rotatable bonds is 5. The van der Waals surface area contributed by atoms with E-state index in [0.29, 0.717) is 11.8 Å². The van der Waals surface area contributed by atoms with Crippen molar-refractivity contribution in [3.8, 4) is 0 Å². The Morgan fingerprint density at radius 2 is 1.24 bits per heavy atom. The van der Waals surface area contributed by atoms with Crippen molar-refractivity contribution in [3.05, 3.63) is 82.9 Å². The summed E-state index contributed by atoms with van der Waals surface area (Å²) in [4.78, 5) is 0. The molecular formula is C30H39Cl2HfSi-2. The molecule has 34 heavy (non-hydrogen) atoms. The van der Waals surface area contributed by atoms with Gasteiger partial charge in [-0.3, -0.25) is 0 Å². The third-order valence-electron chi connectivity index (χ3n) is 5.89. The molecule has 0 saturated carbocycles. The summed E-state index contributed by atoms with van der Waals surface area (Å²) in [5, 5.41) is 5.61. The maximum atomic E-state index is 5.70. The summed E-state index contributed by atoms with van der Waals surface area (Å²) >= 11 is -1.82. The van der Waals surface area contributed by atoms with Crippen LogP contribution >= 0.6 is 17.2 Å². The molecule has 0 heterocycles. The van der Waals surface area contributed by atoms with Gasteiger partial charge in [-0.15, -0.1) is 69.1 Å². The maximum Gasteiger partial charge on any atom is -0.0308 e. The SMILES string of the molecule is CCCC[Si]=[Hf]([Cl])[Cl].Cc1cc2c(C(C)C)cccc2[cH-]1.Cc1cc2c(C(C)C)cccc2[cH-]1. The van der Waals surface area contributed by atoms with Crippen LogP contribution in [0.4, 0.5) is 0 Å². The Bertz CT molecular complexity index is 1110. The largest absolute Gasteiger partial charge is 0.165 e. The van der Waals surface area contributed by atoms with Crippen LogP contribution < -0.4 is 0 Å². The topological polar surface area (TPSA) is 0 Å². The number of halogens is 2. The summed E-state index contributed by atoms with van der Waals surface area (Å²) in [5.74, 6) is 1.23. The van der Waals surface area contributed by atoms with Gasteiger partial charge >= 0.3 is 66.9 Å². The summed E-state index contributed by atoms with van der Waals surface area (Å²) in [6.07, 6.45) is 3.53. The van der Waals surface area contributed by atoms with Crippen LogP contribution in [0.3, 0.4) is 0 Å². The molecule has 0 bridgehead atoms. The fourth-order valence-electron chi connectivity index (χ4n) is 4.18. The quantitative estimate of drug-likeness (QED) is 0.112. The van der Waals surface area contributed by atoms with Gasteiger partial charge in [-0.25, -0.2) is 0 Å². The smallest absolute Gasteiger partial charge is 0.0308 e. The molecule has 0 aliphatic heterocycles. The van der Waals surface area contributed by atoms with Crippen LogP contribution in [0.2, 0.25) is 6.04 Å². The van der Waals surface area contributed by atoms with Crippen molar-refractivity contribution < 1.29 is 17.7 Å². The summed E-state index contributed by atoms with van der Waals surface area (Å²) in [6, 6.07) is 23.5. The van der Waals surface area contributed by atoms with Crippen LogP contribution in [0.25, 0.3) is 21.5 Å². The first kappa shape index (κ1) is 29.6. The van der Waals surface area contributed by atoms with Crippen molar-refractivity contribution in [3.63, 3.8) is 0 Å². The van der Waals surface area contributed by atoms with Gasteiger partial charge in [0.1, 0.15) is 0 Å². The molecule has 4 aromatic rings. The average molecular weight is 677 g/mol. The van der Waals surface area contributed by atoms with Gasteiger partial charge in [0.15, 0.2) is 0 Å². The Kier molecular flexibility index (Phi) is 12.9. The normalized spacial score (nSPS) is 10.8. The molecule has 4 heteroatoms. The van der Waals surface area contributed by atoms with Crippen LogP contribution in [0.15, 0.2) is 60.7 Å². The fourth-order valence-corrected chi connectivity index (χ4v) is 13.5. The Labute approximate surface area is 223 Å². The van der Waals surface area contributed by atoms with Crippen molar-refractivity contribution in [1.29, 1.82) is 0 Å². The van der Waals surface area contributed by atoms with E-state index >= 15 is 0 Å². The Morgan fingerprint density at radius 1 is 0.794 bits per heavy atom. The predicted molar refractivity (Wildman–Crippen MR) is 154 cm³/mol. The first-order valence-corrected chi connectivity index (χ1v) is 27.9. The molecule has 0 amide bonds. The zero-order valence-electron chi connectivity index (χ0n) is 21.8. The third kappa shape index (κ3) is 9.08. The van der Waals surface area contributed by atoms with Gasteiger partial charge in [0.05, 0.1) is 0 Å². The summed E-state index contributed by atoms with van der Waals surface area (Å²) in [7, 11) is 11.4. The second-order valence-electron chi connectivity index (χ2n) is 9.62. The minimum absolute atomic E-state index is 0.616. The molecule has 0 unspecified atom stereocenters.